The van der Waals surface area contributed by atoms with Gasteiger partial charge >= 0.3 is 0 Å². The van der Waals surface area contributed by atoms with Crippen molar-refractivity contribution in [2.45, 2.75) is 65.3 Å². The van der Waals surface area contributed by atoms with Crippen molar-refractivity contribution in [1.29, 1.82) is 0 Å². The summed E-state index contributed by atoms with van der Waals surface area (Å²) in [6, 6.07) is 13.5. The van der Waals surface area contributed by atoms with Crippen molar-refractivity contribution in [1.82, 2.24) is 0 Å². The second-order valence-corrected chi connectivity index (χ2v) is 7.67. The zero-order chi connectivity index (χ0) is 19.2. The third-order valence-corrected chi connectivity index (χ3v) is 5.82. The molecule has 1 atom stereocenters. The number of amides is 1. The molecule has 2 aromatic carbocycles. The Kier molecular flexibility index (Phi) is 6.68. The normalized spacial score (nSPS) is 14.5. The van der Waals surface area contributed by atoms with E-state index in [0.717, 1.165) is 18.5 Å². The molecule has 0 unspecified atom stereocenters. The second-order valence-electron chi connectivity index (χ2n) is 7.67. The van der Waals surface area contributed by atoms with Crippen molar-refractivity contribution in [3.05, 3.63) is 64.2 Å². The lowest BCUT2D eigenvalue weighted by Gasteiger charge is -2.19. The summed E-state index contributed by atoms with van der Waals surface area (Å²) < 4.78 is 0. The number of para-hydroxylation sites is 1. The molecule has 1 aliphatic carbocycles. The lowest BCUT2D eigenvalue weighted by atomic mass is 9.89. The lowest BCUT2D eigenvalue weighted by Crippen LogP contribution is -2.86. The first kappa shape index (κ1) is 19.6. The summed E-state index contributed by atoms with van der Waals surface area (Å²) in [4.78, 5) is 12.6. The van der Waals surface area contributed by atoms with Crippen LogP contribution < -0.4 is 10.6 Å². The summed E-state index contributed by atoms with van der Waals surface area (Å²) in [6.45, 7) is 6.90. The number of carbonyl (C=O) groups is 1. The smallest absolute Gasteiger partial charge is 0.279 e. The number of nitrogens with one attached hydrogen (secondary N) is 1. The molecule has 27 heavy (non-hydrogen) atoms. The van der Waals surface area contributed by atoms with Gasteiger partial charge in [0.25, 0.3) is 5.91 Å². The minimum Gasteiger partial charge on any atom is -0.333 e. The number of benzene rings is 2. The number of anilines is 1. The number of rotatable bonds is 7. The van der Waals surface area contributed by atoms with Crippen LogP contribution in [0.4, 0.5) is 5.69 Å². The summed E-state index contributed by atoms with van der Waals surface area (Å²) >= 11 is 0. The number of nitrogens with two attached hydrogens (primary N) is 1. The van der Waals surface area contributed by atoms with E-state index in [9.17, 15) is 4.79 Å². The summed E-state index contributed by atoms with van der Waals surface area (Å²) in [6.07, 6.45) is 6.88. The molecule has 0 saturated heterocycles. The van der Waals surface area contributed by atoms with E-state index < -0.39 is 0 Å². The van der Waals surface area contributed by atoms with Gasteiger partial charge in [-0.1, -0.05) is 44.2 Å². The highest BCUT2D eigenvalue weighted by molar-refractivity contribution is 5.93. The van der Waals surface area contributed by atoms with Crippen molar-refractivity contribution in [3.63, 3.8) is 0 Å². The quantitative estimate of drug-likeness (QED) is 0.767. The largest absolute Gasteiger partial charge is 0.333 e. The number of quaternary nitrogens is 1. The molecule has 0 heterocycles. The fourth-order valence-electron chi connectivity index (χ4n) is 4.05. The van der Waals surface area contributed by atoms with Gasteiger partial charge in [-0.15, -0.1) is 0 Å². The lowest BCUT2D eigenvalue weighted by molar-refractivity contribution is -0.682. The molecule has 0 radical (unpaired) electrons. The predicted molar refractivity (Wildman–Crippen MR) is 112 cm³/mol. The topological polar surface area (TPSA) is 45.7 Å². The number of hydrogen-bond donors (Lipinski definition) is 2. The Balaban J connectivity index is 1.61. The minimum atomic E-state index is 0.0791. The number of aryl methyl sites for hydroxylation is 4. The molecule has 0 saturated carbocycles. The van der Waals surface area contributed by atoms with E-state index in [2.05, 4.69) is 67.8 Å². The van der Waals surface area contributed by atoms with Gasteiger partial charge in [-0.2, -0.15) is 0 Å². The molecule has 3 rings (SSSR count). The molecular formula is C24H33N2O+. The first-order chi connectivity index (χ1) is 13.1. The molecule has 3 heteroatoms. The summed E-state index contributed by atoms with van der Waals surface area (Å²) in [5, 5.41) is 5.31. The van der Waals surface area contributed by atoms with Gasteiger partial charge in [0.1, 0.15) is 6.04 Å². The van der Waals surface area contributed by atoms with Crippen LogP contribution in [0.1, 0.15) is 67.5 Å². The Morgan fingerprint density at radius 2 is 1.70 bits per heavy atom. The fraction of sp³-hybridized carbons (Fsp3) is 0.458. The van der Waals surface area contributed by atoms with Crippen molar-refractivity contribution in [2.24, 2.45) is 0 Å². The first-order valence-electron chi connectivity index (χ1n) is 10.5. The van der Waals surface area contributed by atoms with Crippen LogP contribution in [0.25, 0.3) is 0 Å². The fourth-order valence-corrected chi connectivity index (χ4v) is 4.05. The van der Waals surface area contributed by atoms with Crippen LogP contribution in [0.15, 0.2) is 36.4 Å². The highest BCUT2D eigenvalue weighted by Gasteiger charge is 2.16. The first-order valence-corrected chi connectivity index (χ1v) is 10.5. The molecule has 2 aromatic rings. The van der Waals surface area contributed by atoms with Crippen molar-refractivity contribution >= 4 is 11.6 Å². The van der Waals surface area contributed by atoms with Crippen molar-refractivity contribution < 1.29 is 10.1 Å². The molecule has 3 nitrogen and oxygen atoms in total. The maximum atomic E-state index is 12.6. The zero-order valence-corrected chi connectivity index (χ0v) is 17.0. The minimum absolute atomic E-state index is 0.0791. The number of fused-ring (bicyclic) bond motifs is 1. The summed E-state index contributed by atoms with van der Waals surface area (Å²) in [5.74, 6) is 0.0791. The molecule has 1 amide bonds. The Morgan fingerprint density at radius 3 is 2.37 bits per heavy atom. The maximum Gasteiger partial charge on any atom is 0.279 e. The highest BCUT2D eigenvalue weighted by atomic mass is 16.1. The van der Waals surface area contributed by atoms with Gasteiger partial charge in [0, 0.05) is 11.3 Å². The van der Waals surface area contributed by atoms with Crippen LogP contribution in [-0.2, 0) is 30.5 Å². The molecular weight excluding hydrogens is 332 g/mol. The van der Waals surface area contributed by atoms with E-state index in [1.807, 2.05) is 0 Å². The Morgan fingerprint density at radius 1 is 1.04 bits per heavy atom. The van der Waals surface area contributed by atoms with Gasteiger partial charge in [0.05, 0.1) is 0 Å². The third kappa shape index (κ3) is 4.78. The zero-order valence-electron chi connectivity index (χ0n) is 17.0. The van der Waals surface area contributed by atoms with E-state index in [1.54, 1.807) is 0 Å². The van der Waals surface area contributed by atoms with E-state index >= 15 is 0 Å². The van der Waals surface area contributed by atoms with E-state index in [0.29, 0.717) is 6.54 Å². The van der Waals surface area contributed by atoms with Gasteiger partial charge in [0.2, 0.25) is 0 Å². The number of carbonyl (C=O) groups excluding carboxylic acids is 1. The Hall–Kier alpha value is -2.13. The molecule has 1 aliphatic rings. The Labute approximate surface area is 163 Å². The maximum absolute atomic E-state index is 12.6. The van der Waals surface area contributed by atoms with Crippen LogP contribution in [0.5, 0.6) is 0 Å². The summed E-state index contributed by atoms with van der Waals surface area (Å²) in [7, 11) is 0. The molecule has 0 fully saturated rings. The van der Waals surface area contributed by atoms with Crippen LogP contribution >= 0.6 is 0 Å². The van der Waals surface area contributed by atoms with Crippen molar-refractivity contribution in [2.75, 3.05) is 11.9 Å². The Bertz CT molecular complexity index is 775. The van der Waals surface area contributed by atoms with E-state index in [-0.39, 0.29) is 11.9 Å². The van der Waals surface area contributed by atoms with Crippen LogP contribution in [0, 0.1) is 0 Å². The summed E-state index contributed by atoms with van der Waals surface area (Å²) in [5.41, 5.74) is 7.79. The second kappa shape index (κ2) is 9.18. The van der Waals surface area contributed by atoms with Gasteiger partial charge in [0.15, 0.2) is 6.54 Å². The molecule has 0 aromatic heterocycles. The molecule has 144 valence electrons. The van der Waals surface area contributed by atoms with Crippen molar-refractivity contribution in [3.8, 4) is 0 Å². The SMILES string of the molecule is CCc1cccc(CC)c1NC(=O)C[NH2+][C@@H](C)c1ccc2c(c1)CCCC2. The van der Waals surface area contributed by atoms with Gasteiger partial charge in [-0.3, -0.25) is 4.79 Å². The van der Waals surface area contributed by atoms with Gasteiger partial charge < -0.3 is 10.6 Å². The molecule has 0 spiro atoms. The van der Waals surface area contributed by atoms with Crippen LogP contribution in [0.3, 0.4) is 0 Å². The average Bonchev–Trinajstić information content (AvgIpc) is 2.71. The molecule has 3 N–H and O–H groups in total. The van der Waals surface area contributed by atoms with Gasteiger partial charge in [-0.05, 0) is 73.8 Å². The van der Waals surface area contributed by atoms with E-state index in [4.69, 9.17) is 0 Å². The predicted octanol–water partition coefficient (Wildman–Crippen LogP) is 3.95. The standard InChI is InChI=1S/C24H32N2O/c1-4-18-11-8-12-19(5-2)24(18)26-23(27)16-25-17(3)21-14-13-20-9-6-7-10-22(20)15-21/h8,11-15,17,25H,4-7,9-10,16H2,1-3H3,(H,26,27)/p+1/t17-/m0/s1. The monoisotopic (exact) mass is 365 g/mol. The highest BCUT2D eigenvalue weighted by Crippen LogP contribution is 2.24. The van der Waals surface area contributed by atoms with Crippen LogP contribution in [0.2, 0.25) is 0 Å². The van der Waals surface area contributed by atoms with Crippen LogP contribution in [-0.4, -0.2) is 12.5 Å². The van der Waals surface area contributed by atoms with Gasteiger partial charge in [-0.25, -0.2) is 0 Å². The average molecular weight is 366 g/mol. The third-order valence-electron chi connectivity index (χ3n) is 5.82. The molecule has 0 bridgehead atoms. The van der Waals surface area contributed by atoms with E-state index in [1.165, 1.54) is 53.5 Å². The molecule has 0 aliphatic heterocycles. The number of hydrogen-bond acceptors (Lipinski definition) is 1.